The number of benzene rings is 2. The van der Waals surface area contributed by atoms with Gasteiger partial charge >= 0.3 is 0 Å². The number of rotatable bonds is 3. The van der Waals surface area contributed by atoms with Gasteiger partial charge in [-0.2, -0.15) is 0 Å². The summed E-state index contributed by atoms with van der Waals surface area (Å²) in [7, 11) is 0. The monoisotopic (exact) mass is 242 g/mol. The Balaban J connectivity index is 2.34. The molecule has 0 aromatic heterocycles. The van der Waals surface area contributed by atoms with Gasteiger partial charge in [0.05, 0.1) is 0 Å². The molecule has 0 amide bonds. The highest BCUT2D eigenvalue weighted by atomic mass is 19.1. The Labute approximate surface area is 106 Å². The molecular formula is C16H15FO. The van der Waals surface area contributed by atoms with Crippen molar-refractivity contribution in [2.75, 3.05) is 0 Å². The number of carbonyl (C=O) groups excluding carboxylic acids is 1. The summed E-state index contributed by atoms with van der Waals surface area (Å²) in [5, 5.41) is 0. The number of halogens is 1. The van der Waals surface area contributed by atoms with Gasteiger partial charge in [0.2, 0.25) is 0 Å². The van der Waals surface area contributed by atoms with Gasteiger partial charge < -0.3 is 0 Å². The number of hydrogen-bond donors (Lipinski definition) is 0. The fraction of sp³-hybridized carbons (Fsp3) is 0.188. The predicted octanol–water partition coefficient (Wildman–Crippen LogP) is 4.39. The van der Waals surface area contributed by atoms with Crippen LogP contribution in [-0.2, 0) is 0 Å². The van der Waals surface area contributed by atoms with Crippen molar-refractivity contribution in [1.29, 1.82) is 0 Å². The molecule has 2 aromatic carbocycles. The number of Topliss-reactive ketones (excluding diaryl/α,β-unsaturated/α-hetero) is 1. The second-order valence-electron chi connectivity index (χ2n) is 4.32. The summed E-state index contributed by atoms with van der Waals surface area (Å²) in [4.78, 5) is 11.5. The van der Waals surface area contributed by atoms with Gasteiger partial charge in [-0.05, 0) is 29.7 Å². The Bertz CT molecular complexity index is 570. The average molecular weight is 242 g/mol. The van der Waals surface area contributed by atoms with E-state index < -0.39 is 0 Å². The van der Waals surface area contributed by atoms with Gasteiger partial charge in [0.25, 0.3) is 0 Å². The maximum Gasteiger partial charge on any atom is 0.162 e. The minimum Gasteiger partial charge on any atom is -0.294 e. The van der Waals surface area contributed by atoms with Crippen LogP contribution in [-0.4, -0.2) is 5.78 Å². The summed E-state index contributed by atoms with van der Waals surface area (Å²) >= 11 is 0. The van der Waals surface area contributed by atoms with Crippen LogP contribution < -0.4 is 0 Å². The van der Waals surface area contributed by atoms with Crippen LogP contribution in [0.5, 0.6) is 0 Å². The van der Waals surface area contributed by atoms with Crippen LogP contribution in [0.1, 0.15) is 29.3 Å². The molecule has 2 heteroatoms. The molecule has 2 aromatic rings. The molecule has 0 saturated heterocycles. The van der Waals surface area contributed by atoms with Gasteiger partial charge in [0, 0.05) is 12.0 Å². The summed E-state index contributed by atoms with van der Waals surface area (Å²) < 4.78 is 13.5. The van der Waals surface area contributed by atoms with Crippen LogP contribution in [0.2, 0.25) is 0 Å². The van der Waals surface area contributed by atoms with Gasteiger partial charge in [-0.3, -0.25) is 4.79 Å². The van der Waals surface area contributed by atoms with Crippen LogP contribution in [0, 0.1) is 12.7 Å². The molecule has 0 saturated carbocycles. The largest absolute Gasteiger partial charge is 0.294 e. The summed E-state index contributed by atoms with van der Waals surface area (Å²) in [6.45, 7) is 3.58. The molecule has 0 atom stereocenters. The molecule has 0 heterocycles. The van der Waals surface area contributed by atoms with Gasteiger partial charge in [-0.25, -0.2) is 4.39 Å². The average Bonchev–Trinajstić information content (AvgIpc) is 2.41. The van der Waals surface area contributed by atoms with E-state index in [-0.39, 0.29) is 11.6 Å². The molecule has 0 bridgehead atoms. The SMILES string of the molecule is CCC(=O)c1ccc(-c2ccc(C)c(F)c2)cc1. The van der Waals surface area contributed by atoms with E-state index in [4.69, 9.17) is 0 Å². The lowest BCUT2D eigenvalue weighted by Crippen LogP contribution is -1.95. The molecule has 0 aliphatic heterocycles. The molecule has 0 fully saturated rings. The Hall–Kier alpha value is -1.96. The molecule has 0 radical (unpaired) electrons. The highest BCUT2D eigenvalue weighted by Gasteiger charge is 2.05. The van der Waals surface area contributed by atoms with Crippen LogP contribution in [0.3, 0.4) is 0 Å². The molecular weight excluding hydrogens is 227 g/mol. The second kappa shape index (κ2) is 5.13. The first-order valence-electron chi connectivity index (χ1n) is 6.01. The lowest BCUT2D eigenvalue weighted by molar-refractivity contribution is 0.0988. The lowest BCUT2D eigenvalue weighted by Gasteiger charge is -2.05. The van der Waals surface area contributed by atoms with Crippen molar-refractivity contribution < 1.29 is 9.18 Å². The normalized spacial score (nSPS) is 10.4. The van der Waals surface area contributed by atoms with Gasteiger partial charge in [-0.1, -0.05) is 43.3 Å². The summed E-state index contributed by atoms with van der Waals surface area (Å²) in [5.74, 6) is -0.0853. The van der Waals surface area contributed by atoms with Crippen molar-refractivity contribution in [3.05, 3.63) is 59.4 Å². The number of aryl methyl sites for hydroxylation is 1. The first kappa shape index (κ1) is 12.5. The Kier molecular flexibility index (Phi) is 3.56. The van der Waals surface area contributed by atoms with Crippen molar-refractivity contribution in [2.24, 2.45) is 0 Å². The first-order chi connectivity index (χ1) is 8.61. The highest BCUT2D eigenvalue weighted by molar-refractivity contribution is 5.96. The van der Waals surface area contributed by atoms with E-state index in [2.05, 4.69) is 0 Å². The molecule has 0 aliphatic rings. The van der Waals surface area contributed by atoms with E-state index in [1.807, 2.05) is 25.1 Å². The molecule has 0 N–H and O–H groups in total. The van der Waals surface area contributed by atoms with Crippen molar-refractivity contribution >= 4 is 5.78 Å². The van der Waals surface area contributed by atoms with Crippen molar-refractivity contribution in [1.82, 2.24) is 0 Å². The predicted molar refractivity (Wildman–Crippen MR) is 71.2 cm³/mol. The fourth-order valence-electron chi connectivity index (χ4n) is 1.83. The third kappa shape index (κ3) is 2.48. The van der Waals surface area contributed by atoms with Crippen molar-refractivity contribution in [2.45, 2.75) is 20.3 Å². The fourth-order valence-corrected chi connectivity index (χ4v) is 1.83. The molecule has 92 valence electrons. The zero-order valence-corrected chi connectivity index (χ0v) is 10.5. The molecule has 1 nitrogen and oxygen atoms in total. The Morgan fingerprint density at radius 3 is 2.22 bits per heavy atom. The van der Waals surface area contributed by atoms with Crippen LogP contribution >= 0.6 is 0 Å². The second-order valence-corrected chi connectivity index (χ2v) is 4.32. The summed E-state index contributed by atoms with van der Waals surface area (Å²) in [6, 6.07) is 12.5. The van der Waals surface area contributed by atoms with Crippen LogP contribution in [0.4, 0.5) is 4.39 Å². The molecule has 0 aliphatic carbocycles. The van der Waals surface area contributed by atoms with E-state index in [0.717, 1.165) is 11.1 Å². The molecule has 2 rings (SSSR count). The number of carbonyl (C=O) groups is 1. The topological polar surface area (TPSA) is 17.1 Å². The van der Waals surface area contributed by atoms with Gasteiger partial charge in [0.1, 0.15) is 5.82 Å². The zero-order valence-electron chi connectivity index (χ0n) is 10.5. The number of ketones is 1. The van der Waals surface area contributed by atoms with Crippen LogP contribution in [0.15, 0.2) is 42.5 Å². The minimum atomic E-state index is -0.207. The van der Waals surface area contributed by atoms with E-state index >= 15 is 0 Å². The quantitative estimate of drug-likeness (QED) is 0.729. The van der Waals surface area contributed by atoms with E-state index in [9.17, 15) is 9.18 Å². The van der Waals surface area contributed by atoms with E-state index in [1.54, 1.807) is 25.1 Å². The van der Waals surface area contributed by atoms with Gasteiger partial charge in [-0.15, -0.1) is 0 Å². The smallest absolute Gasteiger partial charge is 0.162 e. The maximum absolute atomic E-state index is 13.5. The van der Waals surface area contributed by atoms with E-state index in [0.29, 0.717) is 17.5 Å². The summed E-state index contributed by atoms with van der Waals surface area (Å²) in [5.41, 5.74) is 3.08. The standard InChI is InChI=1S/C16H15FO/c1-3-16(18)13-8-6-12(7-9-13)14-5-4-11(2)15(17)10-14/h4-10H,3H2,1-2H3. The van der Waals surface area contributed by atoms with Crippen LogP contribution in [0.25, 0.3) is 11.1 Å². The van der Waals surface area contributed by atoms with Gasteiger partial charge in [0.15, 0.2) is 5.78 Å². The first-order valence-corrected chi connectivity index (χ1v) is 6.01. The van der Waals surface area contributed by atoms with Crippen molar-refractivity contribution in [3.8, 4) is 11.1 Å². The third-order valence-electron chi connectivity index (χ3n) is 3.03. The van der Waals surface area contributed by atoms with E-state index in [1.165, 1.54) is 6.07 Å². The highest BCUT2D eigenvalue weighted by Crippen LogP contribution is 2.22. The van der Waals surface area contributed by atoms with Crippen molar-refractivity contribution in [3.63, 3.8) is 0 Å². The Morgan fingerprint density at radius 2 is 1.67 bits per heavy atom. The minimum absolute atomic E-state index is 0.122. The lowest BCUT2D eigenvalue weighted by atomic mass is 10.0. The molecule has 0 unspecified atom stereocenters. The number of hydrogen-bond acceptors (Lipinski definition) is 1. The third-order valence-corrected chi connectivity index (χ3v) is 3.03. The zero-order chi connectivity index (χ0) is 13.1. The Morgan fingerprint density at radius 1 is 1.06 bits per heavy atom. The molecule has 18 heavy (non-hydrogen) atoms. The molecule has 0 spiro atoms. The summed E-state index contributed by atoms with van der Waals surface area (Å²) in [6.07, 6.45) is 0.499. The maximum atomic E-state index is 13.5.